The van der Waals surface area contributed by atoms with Crippen molar-refractivity contribution in [3.05, 3.63) is 29.3 Å². The molecule has 2 aliphatic rings. The van der Waals surface area contributed by atoms with Gasteiger partial charge in [0.1, 0.15) is 0 Å². The highest BCUT2D eigenvalue weighted by atomic mass is 32.2. The average Bonchev–Trinajstić information content (AvgIpc) is 3.36. The Morgan fingerprint density at radius 2 is 1.96 bits per heavy atom. The zero-order valence-corrected chi connectivity index (χ0v) is 17.6. The number of rotatable bonds is 7. The lowest BCUT2D eigenvalue weighted by Crippen LogP contribution is -2.50. The quantitative estimate of drug-likeness (QED) is 0.695. The van der Waals surface area contributed by atoms with E-state index >= 15 is 0 Å². The number of carbonyl (C=O) groups is 1. The zero-order valence-electron chi connectivity index (χ0n) is 16.0. The van der Waals surface area contributed by atoms with Crippen LogP contribution >= 0.6 is 11.3 Å². The second-order valence-electron chi connectivity index (χ2n) is 7.84. The molecule has 0 bridgehead atoms. The van der Waals surface area contributed by atoms with Crippen LogP contribution in [0.5, 0.6) is 0 Å². The number of aromatic nitrogens is 1. The lowest BCUT2D eigenvalue weighted by molar-refractivity contribution is -0.122. The summed E-state index contributed by atoms with van der Waals surface area (Å²) in [6, 6.07) is 7.80. The normalized spacial score (nSPS) is 24.7. The molecule has 1 N–H and O–H groups in total. The highest BCUT2D eigenvalue weighted by Crippen LogP contribution is 2.24. The molecule has 2 saturated heterocycles. The largest absolute Gasteiger partial charge is 0.351 e. The van der Waals surface area contributed by atoms with Crippen molar-refractivity contribution in [2.75, 3.05) is 24.6 Å². The van der Waals surface area contributed by atoms with Crippen molar-refractivity contribution in [3.8, 4) is 0 Å². The summed E-state index contributed by atoms with van der Waals surface area (Å²) in [6.45, 7) is 1.88. The molecule has 4 rings (SSSR count). The van der Waals surface area contributed by atoms with E-state index in [1.54, 1.807) is 11.3 Å². The van der Waals surface area contributed by atoms with Crippen molar-refractivity contribution in [2.45, 2.75) is 50.6 Å². The molecule has 8 heteroatoms. The minimum Gasteiger partial charge on any atom is -0.351 e. The summed E-state index contributed by atoms with van der Waals surface area (Å²) in [5.41, 5.74) is 1.04. The van der Waals surface area contributed by atoms with Gasteiger partial charge in [0.2, 0.25) is 5.91 Å². The highest BCUT2D eigenvalue weighted by molar-refractivity contribution is 7.91. The minimum atomic E-state index is -3.06. The minimum absolute atomic E-state index is 0.0319. The van der Waals surface area contributed by atoms with E-state index in [9.17, 15) is 13.2 Å². The fraction of sp³-hybridized carbons (Fsp3) is 0.600. The summed E-state index contributed by atoms with van der Waals surface area (Å²) in [7, 11) is -3.06. The number of likely N-dealkylation sites (tertiary alicyclic amines) is 1. The summed E-state index contributed by atoms with van der Waals surface area (Å²) in [4.78, 5) is 19.3. The van der Waals surface area contributed by atoms with Crippen molar-refractivity contribution in [3.63, 3.8) is 0 Å². The highest BCUT2D eigenvalue weighted by Gasteiger charge is 2.42. The number of hydrogen-bond donors (Lipinski definition) is 1. The second-order valence-corrected chi connectivity index (χ2v) is 11.1. The van der Waals surface area contributed by atoms with Crippen molar-refractivity contribution in [1.29, 1.82) is 0 Å². The van der Waals surface area contributed by atoms with Gasteiger partial charge < -0.3 is 5.32 Å². The number of para-hydroxylation sites is 1. The van der Waals surface area contributed by atoms with Gasteiger partial charge in [0, 0.05) is 12.5 Å². The maximum Gasteiger partial charge on any atom is 0.220 e. The first-order chi connectivity index (χ1) is 13.5. The first kappa shape index (κ1) is 19.8. The molecule has 1 amide bonds. The fourth-order valence-corrected chi connectivity index (χ4v) is 7.23. The fourth-order valence-electron chi connectivity index (χ4n) is 4.27. The molecule has 0 radical (unpaired) electrons. The molecule has 0 aliphatic carbocycles. The SMILES string of the molecule is O=C(CCCCc1nc2ccccc2s1)NC1CS(=O)(=O)CC1N1CCCC1. The van der Waals surface area contributed by atoms with Crippen LogP contribution in [0.1, 0.15) is 37.1 Å². The first-order valence-corrected chi connectivity index (χ1v) is 12.7. The summed E-state index contributed by atoms with van der Waals surface area (Å²) in [5, 5.41) is 4.12. The molecule has 2 fully saturated rings. The third-order valence-corrected chi connectivity index (χ3v) is 8.47. The van der Waals surface area contributed by atoms with Gasteiger partial charge in [-0.3, -0.25) is 9.69 Å². The van der Waals surface area contributed by atoms with Gasteiger partial charge in [-0.25, -0.2) is 13.4 Å². The van der Waals surface area contributed by atoms with E-state index in [0.29, 0.717) is 6.42 Å². The van der Waals surface area contributed by atoms with Crippen LogP contribution in [0.25, 0.3) is 10.2 Å². The Labute approximate surface area is 170 Å². The number of hydrogen-bond acceptors (Lipinski definition) is 6. The van der Waals surface area contributed by atoms with E-state index in [4.69, 9.17) is 0 Å². The van der Waals surface area contributed by atoms with Gasteiger partial charge in [-0.1, -0.05) is 12.1 Å². The molecule has 2 unspecified atom stereocenters. The van der Waals surface area contributed by atoms with Gasteiger partial charge in [-0.2, -0.15) is 0 Å². The summed E-state index contributed by atoms with van der Waals surface area (Å²) in [6.07, 6.45) is 5.24. The molecule has 1 aromatic carbocycles. The number of nitrogens with one attached hydrogen (secondary N) is 1. The summed E-state index contributed by atoms with van der Waals surface area (Å²) < 4.78 is 25.4. The van der Waals surface area contributed by atoms with Crippen molar-refractivity contribution >= 4 is 37.3 Å². The Morgan fingerprint density at radius 1 is 1.18 bits per heavy atom. The van der Waals surface area contributed by atoms with E-state index in [1.807, 2.05) is 18.2 Å². The van der Waals surface area contributed by atoms with Crippen LogP contribution in [0, 0.1) is 0 Å². The predicted octanol–water partition coefficient (Wildman–Crippen LogP) is 2.39. The van der Waals surface area contributed by atoms with Crippen LogP contribution < -0.4 is 5.32 Å². The van der Waals surface area contributed by atoms with Gasteiger partial charge in [-0.15, -0.1) is 11.3 Å². The first-order valence-electron chi connectivity index (χ1n) is 10.1. The molecule has 6 nitrogen and oxygen atoms in total. The number of carbonyl (C=O) groups excluding carboxylic acids is 1. The zero-order chi connectivity index (χ0) is 19.6. The summed E-state index contributed by atoms with van der Waals surface area (Å²) in [5.74, 6) is 0.219. The number of aryl methyl sites for hydroxylation is 1. The molecular weight excluding hydrogens is 394 g/mol. The standard InChI is InChI=1S/C20H27N3O3S2/c24-19(9-3-4-10-20-22-15-7-1-2-8-18(15)27-20)21-16-13-28(25,26)14-17(16)23-11-5-6-12-23/h1-2,7-8,16-17H,3-6,9-14H2,(H,21,24). The molecule has 3 heterocycles. The molecule has 1 aromatic heterocycles. The third kappa shape index (κ3) is 4.72. The Morgan fingerprint density at radius 3 is 2.75 bits per heavy atom. The van der Waals surface area contributed by atoms with Crippen LogP contribution in [0.3, 0.4) is 0 Å². The van der Waals surface area contributed by atoms with E-state index in [0.717, 1.165) is 55.7 Å². The molecular formula is C20H27N3O3S2. The Kier molecular flexibility index (Phi) is 5.99. The molecule has 28 heavy (non-hydrogen) atoms. The lowest BCUT2D eigenvalue weighted by Gasteiger charge is -2.28. The van der Waals surface area contributed by atoms with Crippen LogP contribution in [-0.2, 0) is 21.1 Å². The second kappa shape index (κ2) is 8.47. The number of benzene rings is 1. The maximum atomic E-state index is 12.4. The van der Waals surface area contributed by atoms with Gasteiger partial charge in [0.25, 0.3) is 0 Å². The molecule has 152 valence electrons. The monoisotopic (exact) mass is 421 g/mol. The maximum absolute atomic E-state index is 12.4. The number of unbranched alkanes of at least 4 members (excludes halogenated alkanes) is 1. The number of thiazole rings is 1. The number of amides is 1. The van der Waals surface area contributed by atoms with Gasteiger partial charge >= 0.3 is 0 Å². The van der Waals surface area contributed by atoms with E-state index in [1.165, 1.54) is 4.70 Å². The van der Waals surface area contributed by atoms with E-state index in [-0.39, 0.29) is 29.5 Å². The Balaban J connectivity index is 1.24. The van der Waals surface area contributed by atoms with Crippen molar-refractivity contribution in [2.24, 2.45) is 0 Å². The van der Waals surface area contributed by atoms with Gasteiger partial charge in [-0.05, 0) is 57.3 Å². The molecule has 0 saturated carbocycles. The number of sulfone groups is 1. The van der Waals surface area contributed by atoms with Gasteiger partial charge in [0.15, 0.2) is 9.84 Å². The molecule has 2 aromatic rings. The lowest BCUT2D eigenvalue weighted by atomic mass is 10.1. The van der Waals surface area contributed by atoms with Crippen LogP contribution in [-0.4, -0.2) is 60.9 Å². The van der Waals surface area contributed by atoms with Crippen LogP contribution in [0.4, 0.5) is 0 Å². The third-order valence-electron chi connectivity index (χ3n) is 5.66. The Bertz CT molecular complexity index is 902. The molecule has 2 atom stereocenters. The Hall–Kier alpha value is -1.51. The van der Waals surface area contributed by atoms with Crippen LogP contribution in [0.2, 0.25) is 0 Å². The predicted molar refractivity (Wildman–Crippen MR) is 112 cm³/mol. The molecule has 2 aliphatic heterocycles. The average molecular weight is 422 g/mol. The van der Waals surface area contributed by atoms with E-state index < -0.39 is 9.84 Å². The summed E-state index contributed by atoms with van der Waals surface area (Å²) >= 11 is 1.71. The van der Waals surface area contributed by atoms with E-state index in [2.05, 4.69) is 21.3 Å². The topological polar surface area (TPSA) is 79.4 Å². The molecule has 0 spiro atoms. The van der Waals surface area contributed by atoms with Crippen molar-refractivity contribution < 1.29 is 13.2 Å². The number of fused-ring (bicyclic) bond motifs is 1. The number of nitrogens with zero attached hydrogens (tertiary/aromatic N) is 2. The van der Waals surface area contributed by atoms with Gasteiger partial charge in [0.05, 0.1) is 32.8 Å². The van der Waals surface area contributed by atoms with Crippen LogP contribution in [0.15, 0.2) is 24.3 Å². The smallest absolute Gasteiger partial charge is 0.220 e. The van der Waals surface area contributed by atoms with Crippen molar-refractivity contribution in [1.82, 2.24) is 15.2 Å².